The quantitative estimate of drug-likeness (QED) is 0.632. The molecule has 3 rings (SSSR count). The van der Waals surface area contributed by atoms with Gasteiger partial charge in [-0.3, -0.25) is 9.97 Å². The summed E-state index contributed by atoms with van der Waals surface area (Å²) in [6.07, 6.45) is 9.46. The largest absolute Gasteiger partial charge is 0.507 e. The smallest absolute Gasteiger partial charge is 0.339 e. The highest BCUT2D eigenvalue weighted by Gasteiger charge is 2.07. The van der Waals surface area contributed by atoms with Gasteiger partial charge in [0, 0.05) is 36.5 Å². The molecule has 128 valence electrons. The number of phenols is 1. The predicted octanol–water partition coefficient (Wildman–Crippen LogP) is 2.93. The molecular weight excluding hydrogens is 318 g/mol. The van der Waals surface area contributed by atoms with Crippen molar-refractivity contribution < 1.29 is 15.0 Å². The third-order valence-corrected chi connectivity index (χ3v) is 3.45. The van der Waals surface area contributed by atoms with E-state index in [4.69, 9.17) is 15.9 Å². The average molecular weight is 337 g/mol. The van der Waals surface area contributed by atoms with Crippen LogP contribution in [0.5, 0.6) is 5.75 Å². The van der Waals surface area contributed by atoms with Crippen LogP contribution in [0.2, 0.25) is 0 Å². The highest BCUT2D eigenvalue weighted by atomic mass is 16.4. The van der Waals surface area contributed by atoms with E-state index < -0.39 is 5.97 Å². The number of carboxylic acid groups (broad SMARTS) is 1. The molecule has 6 nitrogen and oxygen atoms in total. The number of hydrogen-bond acceptors (Lipinski definition) is 5. The van der Waals surface area contributed by atoms with Gasteiger partial charge in [0.1, 0.15) is 11.3 Å². The predicted molar refractivity (Wildman–Crippen MR) is 95.4 cm³/mol. The van der Waals surface area contributed by atoms with Crippen LogP contribution in [0.15, 0.2) is 67.3 Å². The maximum Gasteiger partial charge on any atom is 0.339 e. The number of benzene rings is 1. The molecule has 0 unspecified atom stereocenters. The normalized spacial score (nSPS) is 9.76. The van der Waals surface area contributed by atoms with Gasteiger partial charge in [-0.25, -0.2) is 4.79 Å². The second-order valence-electron chi connectivity index (χ2n) is 5.29. The Hall–Kier alpha value is -3.41. The maximum absolute atomic E-state index is 10.3. The summed E-state index contributed by atoms with van der Waals surface area (Å²) >= 11 is 0. The highest BCUT2D eigenvalue weighted by Crippen LogP contribution is 2.19. The zero-order valence-electron chi connectivity index (χ0n) is 13.5. The molecule has 0 saturated heterocycles. The van der Waals surface area contributed by atoms with Gasteiger partial charge < -0.3 is 15.9 Å². The fraction of sp³-hybridized carbons (Fsp3) is 0.105. The summed E-state index contributed by atoms with van der Waals surface area (Å²) in [4.78, 5) is 18.3. The van der Waals surface area contributed by atoms with Gasteiger partial charge in [-0.05, 0) is 60.4 Å². The second kappa shape index (κ2) is 9.02. The summed E-state index contributed by atoms with van der Waals surface area (Å²) in [6, 6.07) is 12.1. The molecule has 4 N–H and O–H groups in total. The monoisotopic (exact) mass is 337 g/mol. The number of carboxylic acids is 1. The van der Waals surface area contributed by atoms with Crippen molar-refractivity contribution in [3.8, 4) is 5.75 Å². The van der Waals surface area contributed by atoms with Crippen molar-refractivity contribution >= 4 is 11.7 Å². The second-order valence-corrected chi connectivity index (χ2v) is 5.29. The molecule has 0 radical (unpaired) electrons. The van der Waals surface area contributed by atoms with Crippen LogP contribution >= 0.6 is 0 Å². The van der Waals surface area contributed by atoms with Gasteiger partial charge in [-0.1, -0.05) is 0 Å². The Morgan fingerprint density at radius 2 is 1.36 bits per heavy atom. The first-order chi connectivity index (χ1) is 12.1. The fourth-order valence-corrected chi connectivity index (χ4v) is 2.12. The minimum Gasteiger partial charge on any atom is -0.507 e. The zero-order valence-corrected chi connectivity index (χ0v) is 13.5. The van der Waals surface area contributed by atoms with Gasteiger partial charge in [0.25, 0.3) is 0 Å². The van der Waals surface area contributed by atoms with E-state index >= 15 is 0 Å². The Kier molecular flexibility index (Phi) is 6.47. The van der Waals surface area contributed by atoms with Gasteiger partial charge >= 0.3 is 5.97 Å². The van der Waals surface area contributed by atoms with Crippen LogP contribution in [0.1, 0.15) is 21.5 Å². The number of hydrogen-bond donors (Lipinski definition) is 3. The molecule has 25 heavy (non-hydrogen) atoms. The van der Waals surface area contributed by atoms with Gasteiger partial charge in [-0.15, -0.1) is 0 Å². The number of nitrogen functional groups attached to an aromatic ring is 1. The van der Waals surface area contributed by atoms with E-state index in [1.54, 1.807) is 0 Å². The maximum atomic E-state index is 10.3. The molecule has 3 aromatic rings. The Labute approximate surface area is 145 Å². The molecule has 0 aliphatic carbocycles. The summed E-state index contributed by atoms with van der Waals surface area (Å²) in [5, 5.41) is 17.5. The molecular formula is C19H19N3O3. The Bertz CT molecular complexity index is 769. The lowest BCUT2D eigenvalue weighted by atomic mass is 10.1. The molecule has 2 aromatic heterocycles. The number of nitrogens with two attached hydrogens (primary N) is 1. The van der Waals surface area contributed by atoms with Crippen LogP contribution in [0.3, 0.4) is 0 Å². The summed E-state index contributed by atoms with van der Waals surface area (Å²) in [5.41, 5.74) is 8.14. The summed E-state index contributed by atoms with van der Waals surface area (Å²) in [6.45, 7) is 0. The minimum atomic E-state index is -1.16. The van der Waals surface area contributed by atoms with Gasteiger partial charge in [0.15, 0.2) is 0 Å². The number of rotatable bonds is 4. The Balaban J connectivity index is 0.000000186. The van der Waals surface area contributed by atoms with Crippen molar-refractivity contribution in [2.75, 3.05) is 5.73 Å². The lowest BCUT2D eigenvalue weighted by Crippen LogP contribution is -1.97. The van der Waals surface area contributed by atoms with E-state index in [0.29, 0.717) is 5.69 Å². The van der Waals surface area contributed by atoms with E-state index in [1.165, 1.54) is 29.3 Å². The van der Waals surface area contributed by atoms with Crippen molar-refractivity contribution in [2.45, 2.75) is 12.8 Å². The molecule has 0 fully saturated rings. The number of pyridine rings is 2. The number of aromatic carboxylic acids is 1. The number of nitrogens with zero attached hydrogens (tertiary/aromatic N) is 2. The molecule has 0 aliphatic heterocycles. The number of aryl methyl sites for hydroxylation is 2. The van der Waals surface area contributed by atoms with E-state index in [0.717, 1.165) is 12.8 Å². The van der Waals surface area contributed by atoms with E-state index in [1.807, 2.05) is 24.8 Å². The van der Waals surface area contributed by atoms with Crippen molar-refractivity contribution in [1.29, 1.82) is 0 Å². The fourth-order valence-electron chi connectivity index (χ4n) is 2.12. The highest BCUT2D eigenvalue weighted by molar-refractivity contribution is 5.91. The summed E-state index contributed by atoms with van der Waals surface area (Å²) in [5.74, 6) is -1.47. The third-order valence-electron chi connectivity index (χ3n) is 3.45. The average Bonchev–Trinajstić information content (AvgIpc) is 2.62. The zero-order chi connectivity index (χ0) is 18.1. The number of aromatic hydroxyl groups is 1. The molecule has 0 spiro atoms. The number of carbonyl (C=O) groups is 1. The topological polar surface area (TPSA) is 109 Å². The first-order valence-corrected chi connectivity index (χ1v) is 7.66. The Morgan fingerprint density at radius 3 is 1.76 bits per heavy atom. The van der Waals surface area contributed by atoms with Crippen molar-refractivity contribution in [1.82, 2.24) is 9.97 Å². The first-order valence-electron chi connectivity index (χ1n) is 7.66. The van der Waals surface area contributed by atoms with Crippen LogP contribution in [0, 0.1) is 0 Å². The van der Waals surface area contributed by atoms with Crippen LogP contribution in [-0.2, 0) is 12.8 Å². The molecule has 0 atom stereocenters. The lowest BCUT2D eigenvalue weighted by Gasteiger charge is -2.00. The van der Waals surface area contributed by atoms with Crippen LogP contribution < -0.4 is 5.73 Å². The molecule has 0 aliphatic rings. The lowest BCUT2D eigenvalue weighted by molar-refractivity contribution is 0.0694. The van der Waals surface area contributed by atoms with Gasteiger partial charge in [0.05, 0.1) is 0 Å². The molecule has 2 heterocycles. The SMILES string of the molecule is Nc1ccc(C(=O)O)c(O)c1.c1cc(CCc2ccncc2)ccn1. The first kappa shape index (κ1) is 17.9. The van der Waals surface area contributed by atoms with Crippen molar-refractivity contribution in [3.63, 3.8) is 0 Å². The molecule has 0 saturated carbocycles. The van der Waals surface area contributed by atoms with Gasteiger partial charge in [0.2, 0.25) is 0 Å². The summed E-state index contributed by atoms with van der Waals surface area (Å²) in [7, 11) is 0. The van der Waals surface area contributed by atoms with E-state index in [9.17, 15) is 4.79 Å². The van der Waals surface area contributed by atoms with Crippen molar-refractivity contribution in [3.05, 3.63) is 83.9 Å². The number of anilines is 1. The van der Waals surface area contributed by atoms with Crippen LogP contribution in [0.4, 0.5) is 5.69 Å². The minimum absolute atomic E-state index is 0.140. The summed E-state index contributed by atoms with van der Waals surface area (Å²) < 4.78 is 0. The molecule has 1 aromatic carbocycles. The molecule has 0 amide bonds. The van der Waals surface area contributed by atoms with Crippen LogP contribution in [0.25, 0.3) is 0 Å². The van der Waals surface area contributed by atoms with E-state index in [-0.39, 0.29) is 11.3 Å². The number of aromatic nitrogens is 2. The standard InChI is InChI=1S/C12H12N2.C7H7NO3/c1(11-3-7-13-8-4-11)2-12-5-9-14-10-6-12;8-4-1-2-5(7(10)11)6(9)3-4/h3-10H,1-2H2;1-3,9H,8H2,(H,10,11). The van der Waals surface area contributed by atoms with Crippen LogP contribution in [-0.4, -0.2) is 26.2 Å². The van der Waals surface area contributed by atoms with E-state index in [2.05, 4.69) is 34.2 Å². The third kappa shape index (κ3) is 5.95. The molecule has 0 bridgehead atoms. The molecule has 6 heteroatoms. The van der Waals surface area contributed by atoms with Gasteiger partial charge in [-0.2, -0.15) is 0 Å². The Morgan fingerprint density at radius 1 is 0.880 bits per heavy atom. The van der Waals surface area contributed by atoms with Crippen molar-refractivity contribution in [2.24, 2.45) is 0 Å².